The molecule has 0 fully saturated rings. The van der Waals surface area contributed by atoms with Crippen LogP contribution in [0.1, 0.15) is 39.5 Å². The van der Waals surface area contributed by atoms with E-state index in [4.69, 9.17) is 0 Å². The first-order valence-corrected chi connectivity index (χ1v) is 13.2. The van der Waals surface area contributed by atoms with Gasteiger partial charge in [0, 0.05) is 47.5 Å². The van der Waals surface area contributed by atoms with E-state index in [0.29, 0.717) is 6.54 Å². The summed E-state index contributed by atoms with van der Waals surface area (Å²) in [5, 5.41) is 13.2. The van der Waals surface area contributed by atoms with E-state index < -0.39 is 29.7 Å². The minimum absolute atomic E-state index is 0.131. The summed E-state index contributed by atoms with van der Waals surface area (Å²) in [7, 11) is 0. The molecule has 4 rings (SSSR count). The van der Waals surface area contributed by atoms with Crippen molar-refractivity contribution >= 4 is 15.9 Å². The van der Waals surface area contributed by atoms with Crippen molar-refractivity contribution in [3.8, 4) is 22.9 Å². The number of H-pyrrole nitrogens is 1. The summed E-state index contributed by atoms with van der Waals surface area (Å²) < 4.78 is 83.8. The summed E-state index contributed by atoms with van der Waals surface area (Å²) in [5.74, 6) is -3.57. The van der Waals surface area contributed by atoms with Crippen LogP contribution in [0.5, 0.6) is 0 Å². The van der Waals surface area contributed by atoms with Crippen molar-refractivity contribution in [3.05, 3.63) is 92.4 Å². The third-order valence-corrected chi connectivity index (χ3v) is 5.11. The third-order valence-electron chi connectivity index (χ3n) is 4.78. The lowest BCUT2D eigenvalue weighted by atomic mass is 10.2. The Bertz CT molecular complexity index is 1660. The van der Waals surface area contributed by atoms with Gasteiger partial charge in [-0.15, -0.1) is 20.4 Å². The van der Waals surface area contributed by atoms with E-state index in [1.807, 2.05) is 19.9 Å². The van der Waals surface area contributed by atoms with E-state index in [1.54, 1.807) is 0 Å². The van der Waals surface area contributed by atoms with Crippen molar-refractivity contribution in [3.63, 3.8) is 0 Å². The normalized spacial score (nSPS) is 11.0. The van der Waals surface area contributed by atoms with Crippen molar-refractivity contribution in [2.24, 2.45) is 0 Å². The quantitative estimate of drug-likeness (QED) is 0.141. The largest absolute Gasteiger partial charge is 0.470 e. The van der Waals surface area contributed by atoms with Gasteiger partial charge >= 0.3 is 24.1 Å². The fourth-order valence-electron chi connectivity index (χ4n) is 2.71. The van der Waals surface area contributed by atoms with Crippen LogP contribution in [0.4, 0.5) is 26.3 Å². The van der Waals surface area contributed by atoms with Crippen LogP contribution in [-0.2, 0) is 18.9 Å². The number of allylic oxidation sites excluding steroid dienone is 4. The molecule has 0 aliphatic heterocycles. The van der Waals surface area contributed by atoms with Gasteiger partial charge in [0.05, 0.1) is 0 Å². The molecule has 0 aromatic carbocycles. The maximum atomic E-state index is 12.4. The van der Waals surface area contributed by atoms with Gasteiger partial charge in [-0.25, -0.2) is 0 Å². The number of aromatic nitrogens is 6. The zero-order valence-electron chi connectivity index (χ0n) is 23.0. The number of nitrogens with zero attached hydrogens (tertiary/aromatic N) is 5. The Kier molecular flexibility index (Phi) is 12.4. The SMILES string of the molecule is CC(C)=CCBr.CC(C)=CCn1ccc(-c2nnc(C(F)(F)F)o2)cc1=O.O=c1cc(-c2nnc(C(F)(F)F)o2)cc[nH]1. The highest BCUT2D eigenvalue weighted by Crippen LogP contribution is 2.30. The highest BCUT2D eigenvalue weighted by molar-refractivity contribution is 9.09. The number of nitrogens with one attached hydrogen (secondary N) is 1. The fourth-order valence-corrected chi connectivity index (χ4v) is 3.36. The maximum absolute atomic E-state index is 12.4. The van der Waals surface area contributed by atoms with Gasteiger partial charge in [0.25, 0.3) is 5.56 Å². The standard InChI is InChI=1S/C13H12F3N3O2.C8H4F3N3O2.C5H9Br/c1-8(2)3-5-19-6-4-9(7-10(19)20)11-17-18-12(21-11)13(14,15)16;9-8(10,11)7-14-13-6(16-7)4-1-2-12-5(15)3-4;1-5(2)3-4-6/h3-4,6-7H,5H2,1-2H3;1-3H,(H,12,15);3H,4H2,1-2H3. The first-order chi connectivity index (χ1) is 20.0. The molecule has 0 aliphatic carbocycles. The van der Waals surface area contributed by atoms with Gasteiger partial charge in [0.1, 0.15) is 0 Å². The zero-order chi connectivity index (χ0) is 32.4. The Morgan fingerprint density at radius 2 is 1.35 bits per heavy atom. The molecule has 0 saturated carbocycles. The third kappa shape index (κ3) is 11.5. The Morgan fingerprint density at radius 3 is 1.72 bits per heavy atom. The van der Waals surface area contributed by atoms with E-state index in [0.717, 1.165) is 23.0 Å². The molecule has 1 N–H and O–H groups in total. The Balaban J connectivity index is 0.000000259. The lowest BCUT2D eigenvalue weighted by Gasteiger charge is -2.03. The lowest BCUT2D eigenvalue weighted by molar-refractivity contribution is -0.157. The van der Waals surface area contributed by atoms with Gasteiger partial charge < -0.3 is 18.4 Å². The van der Waals surface area contributed by atoms with Crippen LogP contribution in [0.15, 0.2) is 78.4 Å². The van der Waals surface area contributed by atoms with E-state index in [1.165, 1.54) is 34.7 Å². The Morgan fingerprint density at radius 1 is 0.837 bits per heavy atom. The number of alkyl halides is 7. The Labute approximate surface area is 248 Å². The molecule has 43 heavy (non-hydrogen) atoms. The number of hydrogen-bond acceptors (Lipinski definition) is 8. The van der Waals surface area contributed by atoms with Gasteiger partial charge in [-0.1, -0.05) is 39.2 Å². The second kappa shape index (κ2) is 15.3. The predicted molar refractivity (Wildman–Crippen MR) is 147 cm³/mol. The number of aromatic amines is 1. The van der Waals surface area contributed by atoms with Crippen LogP contribution < -0.4 is 11.1 Å². The topological polar surface area (TPSA) is 133 Å². The smallest absolute Gasteiger partial charge is 0.413 e. The van der Waals surface area contributed by atoms with Crippen LogP contribution in [0.3, 0.4) is 0 Å². The molecule has 4 aromatic rings. The molecule has 0 spiro atoms. The molecule has 4 heterocycles. The van der Waals surface area contributed by atoms with E-state index in [9.17, 15) is 35.9 Å². The molecule has 232 valence electrons. The van der Waals surface area contributed by atoms with Crippen LogP contribution >= 0.6 is 15.9 Å². The number of hydrogen-bond donors (Lipinski definition) is 1. The predicted octanol–water partition coefficient (Wildman–Crippen LogP) is 6.67. The summed E-state index contributed by atoms with van der Waals surface area (Å²) in [5.41, 5.74) is 1.87. The second-order valence-corrected chi connectivity index (χ2v) is 9.53. The average Bonchev–Trinajstić information content (AvgIpc) is 3.59. The molecular weight excluding hydrogens is 654 g/mol. The van der Waals surface area contributed by atoms with Gasteiger partial charge in [-0.2, -0.15) is 26.3 Å². The van der Waals surface area contributed by atoms with Crippen molar-refractivity contribution in [2.45, 2.75) is 46.6 Å². The van der Waals surface area contributed by atoms with E-state index in [-0.39, 0.29) is 28.5 Å². The number of rotatable bonds is 5. The van der Waals surface area contributed by atoms with E-state index >= 15 is 0 Å². The van der Waals surface area contributed by atoms with Gasteiger partial charge in [0.2, 0.25) is 17.3 Å². The highest BCUT2D eigenvalue weighted by atomic mass is 79.9. The molecule has 10 nitrogen and oxygen atoms in total. The Hall–Kier alpha value is -4.28. The number of halogens is 7. The minimum atomic E-state index is -4.70. The monoisotopic (exact) mass is 678 g/mol. The van der Waals surface area contributed by atoms with Crippen molar-refractivity contribution in [1.29, 1.82) is 0 Å². The molecule has 0 saturated heterocycles. The summed E-state index contributed by atoms with van der Waals surface area (Å²) >= 11 is 3.27. The summed E-state index contributed by atoms with van der Waals surface area (Å²) in [6, 6.07) is 5.03. The molecule has 0 aliphatic rings. The first kappa shape index (κ1) is 34.9. The molecule has 0 atom stereocenters. The van der Waals surface area contributed by atoms with Gasteiger partial charge in [-0.3, -0.25) is 9.59 Å². The van der Waals surface area contributed by atoms with Crippen molar-refractivity contribution in [2.75, 3.05) is 5.33 Å². The second-order valence-electron chi connectivity index (χ2n) is 8.89. The van der Waals surface area contributed by atoms with E-state index in [2.05, 4.69) is 70.1 Å². The summed E-state index contributed by atoms with van der Waals surface area (Å²) in [6.07, 6.45) is -2.67. The van der Waals surface area contributed by atoms with Gasteiger partial charge in [-0.05, 0) is 39.8 Å². The van der Waals surface area contributed by atoms with Crippen LogP contribution in [0.2, 0.25) is 0 Å². The summed E-state index contributed by atoms with van der Waals surface area (Å²) in [6.45, 7) is 8.36. The van der Waals surface area contributed by atoms with Crippen LogP contribution in [-0.4, -0.2) is 35.3 Å². The molecule has 0 amide bonds. The lowest BCUT2D eigenvalue weighted by Crippen LogP contribution is -2.17. The summed E-state index contributed by atoms with van der Waals surface area (Å²) in [4.78, 5) is 25.1. The fraction of sp³-hybridized carbons (Fsp3) is 0.308. The first-order valence-electron chi connectivity index (χ1n) is 12.0. The van der Waals surface area contributed by atoms with Crippen LogP contribution in [0, 0.1) is 0 Å². The molecule has 0 bridgehead atoms. The van der Waals surface area contributed by atoms with Crippen LogP contribution in [0.25, 0.3) is 22.9 Å². The number of pyridine rings is 2. The molecular formula is C26H25BrF6N6O4. The highest BCUT2D eigenvalue weighted by Gasteiger charge is 2.39. The average molecular weight is 679 g/mol. The molecule has 17 heteroatoms. The maximum Gasteiger partial charge on any atom is 0.470 e. The van der Waals surface area contributed by atoms with Gasteiger partial charge in [0.15, 0.2) is 0 Å². The van der Waals surface area contributed by atoms with Crippen molar-refractivity contribution in [1.82, 2.24) is 29.9 Å². The zero-order valence-corrected chi connectivity index (χ0v) is 24.6. The molecule has 4 aromatic heterocycles. The molecule has 0 unspecified atom stereocenters. The molecule has 0 radical (unpaired) electrons. The minimum Gasteiger partial charge on any atom is -0.413 e. The van der Waals surface area contributed by atoms with Crippen molar-refractivity contribution < 1.29 is 35.2 Å².